The van der Waals surface area contributed by atoms with Crippen LogP contribution in [0.5, 0.6) is 5.75 Å². The number of nitrogen functional groups attached to an aromatic ring is 1. The standard InChI is InChI=1S/C23H28ClN3O3/c1-4-27-20-14-18(30-15(2)3)9-10-19(20)21(25)22(27)16-7-5-8-17(13-16)26-23(28)29-12-6-11-24/h5,7-10,13-15H,4,6,11-12,25H2,1-3H3,(H,26,28). The summed E-state index contributed by atoms with van der Waals surface area (Å²) in [6.07, 6.45) is 0.206. The number of hydrogen-bond acceptors (Lipinski definition) is 4. The first-order valence-electron chi connectivity index (χ1n) is 10.1. The largest absolute Gasteiger partial charge is 0.491 e. The quantitative estimate of drug-likeness (QED) is 0.346. The van der Waals surface area contributed by atoms with Crippen molar-refractivity contribution >= 4 is 40.0 Å². The lowest BCUT2D eigenvalue weighted by Crippen LogP contribution is -2.14. The van der Waals surface area contributed by atoms with Gasteiger partial charge in [-0.2, -0.15) is 0 Å². The maximum absolute atomic E-state index is 12.0. The van der Waals surface area contributed by atoms with E-state index >= 15 is 0 Å². The molecule has 3 rings (SSSR count). The van der Waals surface area contributed by atoms with Crippen LogP contribution in [0.1, 0.15) is 27.2 Å². The van der Waals surface area contributed by atoms with Crippen LogP contribution >= 0.6 is 11.6 Å². The van der Waals surface area contributed by atoms with Gasteiger partial charge in [-0.15, -0.1) is 11.6 Å². The van der Waals surface area contributed by atoms with Crippen LogP contribution in [0.3, 0.4) is 0 Å². The fraction of sp³-hybridized carbons (Fsp3) is 0.348. The fourth-order valence-electron chi connectivity index (χ4n) is 3.46. The van der Waals surface area contributed by atoms with Crippen molar-refractivity contribution in [3.05, 3.63) is 42.5 Å². The molecule has 6 nitrogen and oxygen atoms in total. The van der Waals surface area contributed by atoms with Crippen LogP contribution in [0.2, 0.25) is 0 Å². The zero-order valence-corrected chi connectivity index (χ0v) is 18.3. The van der Waals surface area contributed by atoms with Gasteiger partial charge >= 0.3 is 6.09 Å². The zero-order valence-electron chi connectivity index (χ0n) is 17.6. The normalized spacial score (nSPS) is 11.1. The SMILES string of the molecule is CCn1c(-c2cccc(NC(=O)OCCCCl)c2)c(N)c2ccc(OC(C)C)cc21. The molecule has 1 heterocycles. The number of ether oxygens (including phenoxy) is 2. The van der Waals surface area contributed by atoms with Gasteiger partial charge in [-0.05, 0) is 51.5 Å². The Labute approximate surface area is 181 Å². The predicted molar refractivity (Wildman–Crippen MR) is 124 cm³/mol. The number of carbonyl (C=O) groups is 1. The second-order valence-corrected chi connectivity index (χ2v) is 7.61. The highest BCUT2D eigenvalue weighted by Crippen LogP contribution is 2.38. The molecule has 0 atom stereocenters. The first kappa shape index (κ1) is 21.8. The summed E-state index contributed by atoms with van der Waals surface area (Å²) in [6.45, 7) is 7.11. The van der Waals surface area contributed by atoms with Crippen molar-refractivity contribution < 1.29 is 14.3 Å². The minimum absolute atomic E-state index is 0.0938. The second kappa shape index (κ2) is 9.76. The third kappa shape index (κ3) is 4.82. The van der Waals surface area contributed by atoms with Crippen molar-refractivity contribution in [1.82, 2.24) is 4.57 Å². The number of hydrogen-bond donors (Lipinski definition) is 2. The number of fused-ring (bicyclic) bond motifs is 1. The average Bonchev–Trinajstić information content (AvgIpc) is 2.99. The van der Waals surface area contributed by atoms with E-state index in [-0.39, 0.29) is 12.7 Å². The molecule has 1 amide bonds. The Bertz CT molecular complexity index is 1030. The lowest BCUT2D eigenvalue weighted by atomic mass is 10.1. The van der Waals surface area contributed by atoms with Crippen LogP contribution in [-0.2, 0) is 11.3 Å². The van der Waals surface area contributed by atoms with E-state index in [4.69, 9.17) is 26.8 Å². The average molecular weight is 430 g/mol. The summed E-state index contributed by atoms with van der Waals surface area (Å²) in [5.74, 6) is 1.26. The first-order chi connectivity index (χ1) is 14.4. The monoisotopic (exact) mass is 429 g/mol. The Kier molecular flexibility index (Phi) is 7.11. The first-order valence-corrected chi connectivity index (χ1v) is 10.7. The molecule has 0 unspecified atom stereocenters. The van der Waals surface area contributed by atoms with E-state index in [1.165, 1.54) is 0 Å². The third-order valence-electron chi connectivity index (χ3n) is 4.66. The summed E-state index contributed by atoms with van der Waals surface area (Å²) in [5.41, 5.74) is 10.7. The smallest absolute Gasteiger partial charge is 0.411 e. The van der Waals surface area contributed by atoms with Gasteiger partial charge in [-0.1, -0.05) is 12.1 Å². The van der Waals surface area contributed by atoms with Gasteiger partial charge in [0.1, 0.15) is 5.75 Å². The van der Waals surface area contributed by atoms with E-state index < -0.39 is 6.09 Å². The highest BCUT2D eigenvalue weighted by atomic mass is 35.5. The number of aromatic nitrogens is 1. The van der Waals surface area contributed by atoms with Gasteiger partial charge in [0.05, 0.1) is 29.6 Å². The summed E-state index contributed by atoms with van der Waals surface area (Å²) in [5, 5.41) is 3.73. The van der Waals surface area contributed by atoms with Gasteiger partial charge in [0.25, 0.3) is 0 Å². The summed E-state index contributed by atoms with van der Waals surface area (Å²) in [6, 6.07) is 13.5. The number of rotatable bonds is 8. The van der Waals surface area contributed by atoms with E-state index in [1.807, 2.05) is 56.3 Å². The van der Waals surface area contributed by atoms with E-state index in [0.717, 1.165) is 34.5 Å². The number of alkyl halides is 1. The molecule has 2 aromatic carbocycles. The van der Waals surface area contributed by atoms with Crippen LogP contribution in [-0.4, -0.2) is 29.3 Å². The van der Waals surface area contributed by atoms with Gasteiger partial charge in [0.2, 0.25) is 0 Å². The van der Waals surface area contributed by atoms with Gasteiger partial charge < -0.3 is 19.8 Å². The summed E-state index contributed by atoms with van der Waals surface area (Å²) in [7, 11) is 0. The highest BCUT2D eigenvalue weighted by Gasteiger charge is 2.17. The van der Waals surface area contributed by atoms with Crippen LogP contribution < -0.4 is 15.8 Å². The highest BCUT2D eigenvalue weighted by molar-refractivity contribution is 6.17. The topological polar surface area (TPSA) is 78.5 Å². The van der Waals surface area contributed by atoms with Crippen molar-refractivity contribution in [2.24, 2.45) is 0 Å². The Balaban J connectivity index is 1.96. The Morgan fingerprint density at radius 1 is 1.23 bits per heavy atom. The molecule has 3 N–H and O–H groups in total. The maximum atomic E-state index is 12.0. The number of carbonyl (C=O) groups excluding carboxylic acids is 1. The molecule has 0 bridgehead atoms. The molecule has 0 saturated carbocycles. The Morgan fingerprint density at radius 2 is 2.03 bits per heavy atom. The minimum atomic E-state index is -0.503. The number of aryl methyl sites for hydroxylation is 1. The second-order valence-electron chi connectivity index (χ2n) is 7.24. The lowest BCUT2D eigenvalue weighted by Gasteiger charge is -2.12. The van der Waals surface area contributed by atoms with E-state index in [2.05, 4.69) is 16.8 Å². The van der Waals surface area contributed by atoms with Gasteiger partial charge in [0.15, 0.2) is 0 Å². The summed E-state index contributed by atoms with van der Waals surface area (Å²) >= 11 is 5.61. The van der Waals surface area contributed by atoms with Crippen LogP contribution in [0, 0.1) is 0 Å². The summed E-state index contributed by atoms with van der Waals surface area (Å²) < 4.78 is 13.1. The van der Waals surface area contributed by atoms with Crippen LogP contribution in [0.25, 0.3) is 22.2 Å². The lowest BCUT2D eigenvalue weighted by molar-refractivity contribution is 0.162. The van der Waals surface area contributed by atoms with Crippen molar-refractivity contribution in [2.75, 3.05) is 23.5 Å². The van der Waals surface area contributed by atoms with Gasteiger partial charge in [-0.3, -0.25) is 5.32 Å². The molecule has 0 fully saturated rings. The van der Waals surface area contributed by atoms with E-state index in [9.17, 15) is 4.79 Å². The third-order valence-corrected chi connectivity index (χ3v) is 4.92. The van der Waals surface area contributed by atoms with Crippen LogP contribution in [0.15, 0.2) is 42.5 Å². The van der Waals surface area contributed by atoms with E-state index in [0.29, 0.717) is 23.7 Å². The molecule has 30 heavy (non-hydrogen) atoms. The molecule has 1 aromatic heterocycles. The Hall–Kier alpha value is -2.86. The molecule has 0 aliphatic heterocycles. The molecule has 0 saturated heterocycles. The number of nitrogens with two attached hydrogens (primary N) is 1. The van der Waals surface area contributed by atoms with Crippen molar-refractivity contribution in [2.45, 2.75) is 39.8 Å². The molecular weight excluding hydrogens is 402 g/mol. The summed E-state index contributed by atoms with van der Waals surface area (Å²) in [4.78, 5) is 12.0. The molecule has 3 aromatic rings. The minimum Gasteiger partial charge on any atom is -0.491 e. The number of nitrogens with zero attached hydrogens (tertiary/aromatic N) is 1. The predicted octanol–water partition coefficient (Wildman–Crippen LogP) is 5.88. The number of halogens is 1. The number of amides is 1. The maximum Gasteiger partial charge on any atom is 0.411 e. The van der Waals surface area contributed by atoms with E-state index in [1.54, 1.807) is 0 Å². The van der Waals surface area contributed by atoms with Crippen molar-refractivity contribution in [1.29, 1.82) is 0 Å². The van der Waals surface area contributed by atoms with Crippen molar-refractivity contribution in [3.8, 4) is 17.0 Å². The molecule has 7 heteroatoms. The number of benzene rings is 2. The molecule has 160 valence electrons. The number of anilines is 2. The molecular formula is C23H28ClN3O3. The van der Waals surface area contributed by atoms with Gasteiger partial charge in [-0.25, -0.2) is 4.79 Å². The molecule has 0 aliphatic carbocycles. The molecule has 0 spiro atoms. The van der Waals surface area contributed by atoms with Crippen LogP contribution in [0.4, 0.5) is 16.2 Å². The zero-order chi connectivity index (χ0) is 21.7. The Morgan fingerprint density at radius 3 is 2.73 bits per heavy atom. The van der Waals surface area contributed by atoms with Crippen molar-refractivity contribution in [3.63, 3.8) is 0 Å². The molecule has 0 aliphatic rings. The fourth-order valence-corrected chi connectivity index (χ4v) is 3.57. The molecule has 0 radical (unpaired) electrons. The number of nitrogens with one attached hydrogen (secondary N) is 1. The van der Waals surface area contributed by atoms with Gasteiger partial charge in [0, 0.05) is 35.1 Å².